The molecule has 1 aliphatic rings. The third kappa shape index (κ3) is 4.68. The largest absolute Gasteiger partial charge is 0.359 e. The SMILES string of the molecule is CNC(=O)CCCN1CCN(c2ccc(CN)cn2)CC1. The quantitative estimate of drug-likeness (QED) is 0.782. The van der Waals surface area contributed by atoms with Gasteiger partial charge >= 0.3 is 0 Å². The van der Waals surface area contributed by atoms with E-state index in [2.05, 4.69) is 20.1 Å². The molecule has 0 atom stereocenters. The normalized spacial score (nSPS) is 16.0. The van der Waals surface area contributed by atoms with E-state index in [1.54, 1.807) is 7.05 Å². The Balaban J connectivity index is 1.73. The van der Waals surface area contributed by atoms with Gasteiger partial charge in [0.15, 0.2) is 0 Å². The summed E-state index contributed by atoms with van der Waals surface area (Å²) >= 11 is 0. The number of hydrogen-bond donors (Lipinski definition) is 2. The third-order valence-corrected chi connectivity index (χ3v) is 3.90. The predicted molar refractivity (Wildman–Crippen MR) is 84.1 cm³/mol. The van der Waals surface area contributed by atoms with Crippen molar-refractivity contribution in [1.82, 2.24) is 15.2 Å². The summed E-state index contributed by atoms with van der Waals surface area (Å²) in [4.78, 5) is 20.4. The molecule has 1 amide bonds. The highest BCUT2D eigenvalue weighted by atomic mass is 16.1. The molecular weight excluding hydrogens is 266 g/mol. The first-order valence-electron chi connectivity index (χ1n) is 7.56. The van der Waals surface area contributed by atoms with Crippen molar-refractivity contribution in [2.45, 2.75) is 19.4 Å². The zero-order chi connectivity index (χ0) is 15.1. The van der Waals surface area contributed by atoms with Crippen LogP contribution in [0.4, 0.5) is 5.82 Å². The van der Waals surface area contributed by atoms with Gasteiger partial charge in [0, 0.05) is 52.4 Å². The second kappa shape index (κ2) is 7.95. The lowest BCUT2D eigenvalue weighted by Gasteiger charge is -2.35. The number of amides is 1. The van der Waals surface area contributed by atoms with E-state index in [4.69, 9.17) is 5.73 Å². The van der Waals surface area contributed by atoms with Crippen molar-refractivity contribution in [2.75, 3.05) is 44.7 Å². The number of nitrogens with one attached hydrogen (secondary N) is 1. The molecule has 6 heteroatoms. The lowest BCUT2D eigenvalue weighted by Crippen LogP contribution is -2.47. The highest BCUT2D eigenvalue weighted by molar-refractivity contribution is 5.75. The first kappa shape index (κ1) is 15.7. The number of piperazine rings is 1. The van der Waals surface area contributed by atoms with Crippen molar-refractivity contribution in [3.05, 3.63) is 23.9 Å². The van der Waals surface area contributed by atoms with Gasteiger partial charge in [0.05, 0.1) is 0 Å². The summed E-state index contributed by atoms with van der Waals surface area (Å²) in [5.74, 6) is 1.15. The number of hydrogen-bond acceptors (Lipinski definition) is 5. The number of carbonyl (C=O) groups is 1. The van der Waals surface area contributed by atoms with E-state index in [1.807, 2.05) is 18.3 Å². The number of carbonyl (C=O) groups excluding carboxylic acids is 1. The number of aromatic nitrogens is 1. The Morgan fingerprint density at radius 2 is 2.10 bits per heavy atom. The molecule has 3 N–H and O–H groups in total. The van der Waals surface area contributed by atoms with Crippen molar-refractivity contribution in [1.29, 1.82) is 0 Å². The summed E-state index contributed by atoms with van der Waals surface area (Å²) in [7, 11) is 1.68. The summed E-state index contributed by atoms with van der Waals surface area (Å²) in [6.07, 6.45) is 3.38. The molecule has 1 aromatic heterocycles. The summed E-state index contributed by atoms with van der Waals surface area (Å²) in [5, 5.41) is 2.66. The Hall–Kier alpha value is -1.66. The Bertz CT molecular complexity index is 440. The van der Waals surface area contributed by atoms with Crippen molar-refractivity contribution >= 4 is 11.7 Å². The van der Waals surface area contributed by atoms with Gasteiger partial charge in [0.1, 0.15) is 5.82 Å². The average Bonchev–Trinajstić information content (AvgIpc) is 2.55. The molecule has 0 unspecified atom stereocenters. The molecule has 0 aromatic carbocycles. The summed E-state index contributed by atoms with van der Waals surface area (Å²) in [6.45, 7) is 5.53. The summed E-state index contributed by atoms with van der Waals surface area (Å²) in [5.41, 5.74) is 6.65. The first-order valence-corrected chi connectivity index (χ1v) is 7.56. The van der Waals surface area contributed by atoms with Gasteiger partial charge in [0.25, 0.3) is 0 Å². The molecule has 1 aliphatic heterocycles. The molecule has 0 aliphatic carbocycles. The van der Waals surface area contributed by atoms with E-state index in [9.17, 15) is 4.79 Å². The van der Waals surface area contributed by atoms with Gasteiger partial charge in [-0.1, -0.05) is 6.07 Å². The van der Waals surface area contributed by atoms with E-state index < -0.39 is 0 Å². The zero-order valence-corrected chi connectivity index (χ0v) is 12.7. The zero-order valence-electron chi connectivity index (χ0n) is 12.7. The van der Waals surface area contributed by atoms with Crippen LogP contribution in [0.1, 0.15) is 18.4 Å². The maximum absolute atomic E-state index is 11.2. The first-order chi connectivity index (χ1) is 10.2. The topological polar surface area (TPSA) is 74.5 Å². The van der Waals surface area contributed by atoms with Crippen LogP contribution in [0.15, 0.2) is 18.3 Å². The number of nitrogens with two attached hydrogens (primary N) is 1. The molecule has 2 heterocycles. The van der Waals surface area contributed by atoms with Crippen molar-refractivity contribution in [2.24, 2.45) is 5.73 Å². The Labute approximate surface area is 126 Å². The molecule has 1 saturated heterocycles. The van der Waals surface area contributed by atoms with Crippen molar-refractivity contribution in [3.63, 3.8) is 0 Å². The van der Waals surface area contributed by atoms with Gasteiger partial charge in [-0.15, -0.1) is 0 Å². The number of rotatable bonds is 6. The fourth-order valence-electron chi connectivity index (χ4n) is 2.51. The van der Waals surface area contributed by atoms with Crippen LogP contribution in [0.25, 0.3) is 0 Å². The van der Waals surface area contributed by atoms with Crippen LogP contribution in [-0.4, -0.2) is 55.6 Å². The van der Waals surface area contributed by atoms with E-state index in [-0.39, 0.29) is 5.91 Å². The third-order valence-electron chi connectivity index (χ3n) is 3.90. The van der Waals surface area contributed by atoms with E-state index in [0.717, 1.165) is 50.5 Å². The van der Waals surface area contributed by atoms with Crippen molar-refractivity contribution < 1.29 is 4.79 Å². The number of pyridine rings is 1. The van der Waals surface area contributed by atoms with Crippen LogP contribution in [0.2, 0.25) is 0 Å². The van der Waals surface area contributed by atoms with E-state index in [0.29, 0.717) is 13.0 Å². The average molecular weight is 291 g/mol. The van der Waals surface area contributed by atoms with Crippen LogP contribution in [-0.2, 0) is 11.3 Å². The smallest absolute Gasteiger partial charge is 0.219 e. The second-order valence-electron chi connectivity index (χ2n) is 5.33. The molecule has 0 bridgehead atoms. The Morgan fingerprint density at radius 1 is 1.33 bits per heavy atom. The molecule has 21 heavy (non-hydrogen) atoms. The van der Waals surface area contributed by atoms with Crippen LogP contribution >= 0.6 is 0 Å². The Kier molecular flexibility index (Phi) is 5.95. The van der Waals surface area contributed by atoms with E-state index in [1.165, 1.54) is 0 Å². The van der Waals surface area contributed by atoms with Gasteiger partial charge in [-0.05, 0) is 24.6 Å². The highest BCUT2D eigenvalue weighted by Crippen LogP contribution is 2.14. The minimum atomic E-state index is 0.123. The van der Waals surface area contributed by atoms with Gasteiger partial charge < -0.3 is 16.0 Å². The van der Waals surface area contributed by atoms with Crippen molar-refractivity contribution in [3.8, 4) is 0 Å². The monoisotopic (exact) mass is 291 g/mol. The molecule has 0 spiro atoms. The molecule has 2 rings (SSSR count). The summed E-state index contributed by atoms with van der Waals surface area (Å²) < 4.78 is 0. The van der Waals surface area contributed by atoms with Gasteiger partial charge in [-0.25, -0.2) is 4.98 Å². The summed E-state index contributed by atoms with van der Waals surface area (Å²) in [6, 6.07) is 4.08. The van der Waals surface area contributed by atoms with Gasteiger partial charge in [-0.3, -0.25) is 9.69 Å². The lowest BCUT2D eigenvalue weighted by molar-refractivity contribution is -0.120. The highest BCUT2D eigenvalue weighted by Gasteiger charge is 2.17. The number of nitrogens with zero attached hydrogens (tertiary/aromatic N) is 3. The molecule has 0 saturated carbocycles. The predicted octanol–water partition coefficient (Wildman–Crippen LogP) is 0.189. The second-order valence-corrected chi connectivity index (χ2v) is 5.33. The molecular formula is C15H25N5O. The van der Waals surface area contributed by atoms with Crippen LogP contribution in [0, 0.1) is 0 Å². The van der Waals surface area contributed by atoms with Crippen LogP contribution in [0.3, 0.4) is 0 Å². The fraction of sp³-hybridized carbons (Fsp3) is 0.600. The minimum Gasteiger partial charge on any atom is -0.359 e. The molecule has 0 radical (unpaired) electrons. The van der Waals surface area contributed by atoms with Crippen LogP contribution in [0.5, 0.6) is 0 Å². The molecule has 116 valence electrons. The van der Waals surface area contributed by atoms with Gasteiger partial charge in [-0.2, -0.15) is 0 Å². The molecule has 1 fully saturated rings. The maximum atomic E-state index is 11.2. The maximum Gasteiger partial charge on any atom is 0.219 e. The van der Waals surface area contributed by atoms with Gasteiger partial charge in [0.2, 0.25) is 5.91 Å². The molecule has 1 aromatic rings. The fourth-order valence-corrected chi connectivity index (χ4v) is 2.51. The molecule has 6 nitrogen and oxygen atoms in total. The lowest BCUT2D eigenvalue weighted by atomic mass is 10.2. The van der Waals surface area contributed by atoms with Crippen LogP contribution < -0.4 is 16.0 Å². The van der Waals surface area contributed by atoms with E-state index >= 15 is 0 Å². The Morgan fingerprint density at radius 3 is 2.67 bits per heavy atom. The number of anilines is 1. The standard InChI is InChI=1S/C15H25N5O/c1-17-15(21)3-2-6-19-7-9-20(10-8-19)14-5-4-13(11-16)12-18-14/h4-5,12H,2-3,6-11,16H2,1H3,(H,17,21). The minimum absolute atomic E-state index is 0.123.